The van der Waals surface area contributed by atoms with Gasteiger partial charge in [0.25, 0.3) is 0 Å². The van der Waals surface area contributed by atoms with E-state index in [1.165, 1.54) is 4.90 Å². The predicted octanol–water partition coefficient (Wildman–Crippen LogP) is 5.40. The highest BCUT2D eigenvalue weighted by Gasteiger charge is 2.20. The number of hydrogen-bond acceptors (Lipinski definition) is 2. The monoisotopic (exact) mass is 367 g/mol. The molecule has 0 saturated carbocycles. The zero-order valence-corrected chi connectivity index (χ0v) is 14.6. The van der Waals surface area contributed by atoms with Crippen LogP contribution in [0.4, 0.5) is 4.39 Å². The van der Waals surface area contributed by atoms with Crippen LogP contribution >= 0.6 is 27.7 Å². The van der Waals surface area contributed by atoms with E-state index < -0.39 is 0 Å². The first-order valence-electron chi connectivity index (χ1n) is 6.99. The molecule has 2 rings (SSSR count). The Bertz CT molecular complexity index is 603. The molecular formula is C17H19BrFNS. The summed E-state index contributed by atoms with van der Waals surface area (Å²) in [7, 11) is 0. The molecule has 112 valence electrons. The molecule has 1 unspecified atom stereocenters. The Morgan fingerprint density at radius 2 is 1.86 bits per heavy atom. The number of rotatable bonds is 6. The Hall–Kier alpha value is -0.840. The van der Waals surface area contributed by atoms with E-state index >= 15 is 0 Å². The van der Waals surface area contributed by atoms with Crippen molar-refractivity contribution in [3.63, 3.8) is 0 Å². The first kappa shape index (κ1) is 16.5. The van der Waals surface area contributed by atoms with Crippen LogP contribution in [-0.2, 0) is 0 Å². The van der Waals surface area contributed by atoms with Crippen molar-refractivity contribution in [2.45, 2.75) is 24.3 Å². The first-order valence-corrected chi connectivity index (χ1v) is 9.01. The maximum absolute atomic E-state index is 14.5. The van der Waals surface area contributed by atoms with Crippen LogP contribution in [0.5, 0.6) is 0 Å². The van der Waals surface area contributed by atoms with E-state index in [-0.39, 0.29) is 11.9 Å². The molecule has 0 aromatic heterocycles. The van der Waals surface area contributed by atoms with Crippen LogP contribution < -0.4 is 5.32 Å². The first-order chi connectivity index (χ1) is 10.2. The molecular weight excluding hydrogens is 349 g/mol. The van der Waals surface area contributed by atoms with Crippen molar-refractivity contribution in [2.24, 2.45) is 0 Å². The van der Waals surface area contributed by atoms with Gasteiger partial charge in [0.2, 0.25) is 0 Å². The fourth-order valence-corrected chi connectivity index (χ4v) is 3.34. The molecule has 0 aliphatic rings. The van der Waals surface area contributed by atoms with Crippen molar-refractivity contribution in [3.8, 4) is 0 Å². The smallest absolute Gasteiger partial charge is 0.142 e. The molecule has 0 fully saturated rings. The molecule has 2 aromatic carbocycles. The van der Waals surface area contributed by atoms with Crippen molar-refractivity contribution >= 4 is 27.7 Å². The molecule has 0 aliphatic carbocycles. The minimum absolute atomic E-state index is 0.133. The fourth-order valence-electron chi connectivity index (χ4n) is 2.32. The summed E-state index contributed by atoms with van der Waals surface area (Å²) < 4.78 is 15.0. The fraction of sp³-hybridized carbons (Fsp3) is 0.294. The van der Waals surface area contributed by atoms with Gasteiger partial charge in [-0.15, -0.1) is 11.8 Å². The molecule has 0 heterocycles. The maximum atomic E-state index is 14.5. The summed E-state index contributed by atoms with van der Waals surface area (Å²) in [4.78, 5) is 1.17. The van der Waals surface area contributed by atoms with Crippen LogP contribution in [0.3, 0.4) is 0 Å². The lowest BCUT2D eigenvalue weighted by Crippen LogP contribution is -2.24. The van der Waals surface area contributed by atoms with E-state index in [1.54, 1.807) is 17.8 Å². The number of benzene rings is 2. The molecule has 1 nitrogen and oxygen atoms in total. The van der Waals surface area contributed by atoms with Gasteiger partial charge >= 0.3 is 0 Å². The van der Waals surface area contributed by atoms with Gasteiger partial charge in [0.1, 0.15) is 5.82 Å². The number of nitrogens with one attached hydrogen (secondary N) is 1. The van der Waals surface area contributed by atoms with E-state index in [2.05, 4.69) is 40.3 Å². The van der Waals surface area contributed by atoms with E-state index in [1.807, 2.05) is 30.5 Å². The zero-order valence-electron chi connectivity index (χ0n) is 12.2. The summed E-state index contributed by atoms with van der Waals surface area (Å²) in [5.41, 5.74) is 1.80. The summed E-state index contributed by atoms with van der Waals surface area (Å²) in [6.45, 7) is 2.96. The van der Waals surface area contributed by atoms with Crippen molar-refractivity contribution in [1.29, 1.82) is 0 Å². The SMILES string of the molecule is CCCNC(c1ccccc1SC)c1cccc(Br)c1F. The summed E-state index contributed by atoms with van der Waals surface area (Å²) in [6.07, 6.45) is 3.06. The maximum Gasteiger partial charge on any atom is 0.142 e. The lowest BCUT2D eigenvalue weighted by atomic mass is 9.98. The number of halogens is 2. The Labute approximate surface area is 138 Å². The Morgan fingerprint density at radius 1 is 1.14 bits per heavy atom. The minimum Gasteiger partial charge on any atom is -0.306 e. The highest BCUT2D eigenvalue weighted by Crippen LogP contribution is 2.33. The molecule has 0 amide bonds. The van der Waals surface area contributed by atoms with Crippen molar-refractivity contribution < 1.29 is 4.39 Å². The molecule has 0 aliphatic heterocycles. The van der Waals surface area contributed by atoms with Crippen molar-refractivity contribution in [3.05, 3.63) is 63.9 Å². The van der Waals surface area contributed by atoms with E-state index in [4.69, 9.17) is 0 Å². The topological polar surface area (TPSA) is 12.0 Å². The Kier molecular flexibility index (Phi) is 6.27. The van der Waals surface area contributed by atoms with Gasteiger partial charge in [-0.05, 0) is 52.8 Å². The number of hydrogen-bond donors (Lipinski definition) is 1. The van der Waals surface area contributed by atoms with Gasteiger partial charge in [-0.2, -0.15) is 0 Å². The van der Waals surface area contributed by atoms with Gasteiger partial charge < -0.3 is 5.32 Å². The molecule has 0 radical (unpaired) electrons. The minimum atomic E-state index is -0.193. The van der Waals surface area contributed by atoms with Gasteiger partial charge in [0.05, 0.1) is 10.5 Å². The second-order valence-electron chi connectivity index (χ2n) is 4.77. The standard InChI is InChI=1S/C17H19BrFNS/c1-3-11-20-17(12-7-4-5-10-15(12)21-2)13-8-6-9-14(18)16(13)19/h4-10,17,20H,3,11H2,1-2H3. The van der Waals surface area contributed by atoms with Crippen LogP contribution in [0.1, 0.15) is 30.5 Å². The van der Waals surface area contributed by atoms with Crippen LogP contribution in [0.25, 0.3) is 0 Å². The average molecular weight is 368 g/mol. The Morgan fingerprint density at radius 3 is 2.57 bits per heavy atom. The quantitative estimate of drug-likeness (QED) is 0.686. The molecule has 0 saturated heterocycles. The van der Waals surface area contributed by atoms with Gasteiger partial charge in [-0.1, -0.05) is 37.3 Å². The van der Waals surface area contributed by atoms with Crippen LogP contribution in [-0.4, -0.2) is 12.8 Å². The largest absolute Gasteiger partial charge is 0.306 e. The second-order valence-corrected chi connectivity index (χ2v) is 6.47. The van der Waals surface area contributed by atoms with Crippen LogP contribution in [0.2, 0.25) is 0 Å². The van der Waals surface area contributed by atoms with Gasteiger partial charge in [-0.3, -0.25) is 0 Å². The number of thioether (sulfide) groups is 1. The Balaban J connectivity index is 2.50. The lowest BCUT2D eigenvalue weighted by Gasteiger charge is -2.22. The molecule has 2 aromatic rings. The van der Waals surface area contributed by atoms with E-state index in [0.29, 0.717) is 10.0 Å². The molecule has 4 heteroatoms. The van der Waals surface area contributed by atoms with E-state index in [9.17, 15) is 4.39 Å². The predicted molar refractivity (Wildman–Crippen MR) is 92.5 cm³/mol. The summed E-state index contributed by atoms with van der Waals surface area (Å²) in [5.74, 6) is -0.193. The molecule has 0 spiro atoms. The van der Waals surface area contributed by atoms with Crippen LogP contribution in [0.15, 0.2) is 51.8 Å². The summed E-state index contributed by atoms with van der Waals surface area (Å²) in [5, 5.41) is 3.47. The summed E-state index contributed by atoms with van der Waals surface area (Å²) in [6, 6.07) is 13.5. The third-order valence-electron chi connectivity index (χ3n) is 3.34. The van der Waals surface area contributed by atoms with Gasteiger partial charge in [0, 0.05) is 10.5 Å². The van der Waals surface area contributed by atoms with E-state index in [0.717, 1.165) is 18.5 Å². The molecule has 1 N–H and O–H groups in total. The second kappa shape index (κ2) is 7.97. The van der Waals surface area contributed by atoms with Gasteiger partial charge in [0.15, 0.2) is 0 Å². The van der Waals surface area contributed by atoms with Crippen molar-refractivity contribution in [1.82, 2.24) is 5.32 Å². The highest BCUT2D eigenvalue weighted by atomic mass is 79.9. The lowest BCUT2D eigenvalue weighted by molar-refractivity contribution is 0.539. The third kappa shape index (κ3) is 3.87. The third-order valence-corrected chi connectivity index (χ3v) is 4.76. The van der Waals surface area contributed by atoms with Crippen LogP contribution in [0, 0.1) is 5.82 Å². The zero-order chi connectivity index (χ0) is 15.2. The van der Waals surface area contributed by atoms with Gasteiger partial charge in [-0.25, -0.2) is 4.39 Å². The molecule has 1 atom stereocenters. The average Bonchev–Trinajstić information content (AvgIpc) is 2.52. The van der Waals surface area contributed by atoms with Crippen molar-refractivity contribution in [2.75, 3.05) is 12.8 Å². The molecule has 21 heavy (non-hydrogen) atoms. The molecule has 0 bridgehead atoms. The summed E-state index contributed by atoms with van der Waals surface area (Å²) >= 11 is 4.97. The normalized spacial score (nSPS) is 12.4. The highest BCUT2D eigenvalue weighted by molar-refractivity contribution is 9.10.